The molecule has 0 fully saturated rings. The van der Waals surface area contributed by atoms with Crippen molar-refractivity contribution in [3.63, 3.8) is 0 Å². The fourth-order valence-corrected chi connectivity index (χ4v) is 1.21. The van der Waals surface area contributed by atoms with E-state index in [9.17, 15) is 0 Å². The summed E-state index contributed by atoms with van der Waals surface area (Å²) in [5, 5.41) is 13.1. The van der Waals surface area contributed by atoms with Crippen molar-refractivity contribution in [1.29, 1.82) is 0 Å². The third kappa shape index (κ3) is 2.30. The molecule has 0 aliphatic carbocycles. The van der Waals surface area contributed by atoms with Crippen molar-refractivity contribution in [2.75, 3.05) is 0 Å². The third-order valence-electron chi connectivity index (χ3n) is 1.97. The minimum Gasteiger partial charge on any atom is -0.388 e. The normalized spacial score (nSPS) is 11.0. The number of imidazole rings is 1. The molecule has 4 heteroatoms. The number of aliphatic hydroxyl groups excluding tert-OH is 1. The van der Waals surface area contributed by atoms with Gasteiger partial charge in [0, 0.05) is 12.4 Å². The second-order valence-electron chi connectivity index (χ2n) is 3.00. The number of hydrogen-bond acceptors (Lipinski definition) is 3. The summed E-state index contributed by atoms with van der Waals surface area (Å²) >= 11 is 0. The van der Waals surface area contributed by atoms with Crippen molar-refractivity contribution in [3.05, 3.63) is 54.1 Å². The molecular weight excluding hydrogens is 190 g/mol. The van der Waals surface area contributed by atoms with Gasteiger partial charge in [0.2, 0.25) is 0 Å². The van der Waals surface area contributed by atoms with Gasteiger partial charge in [0.25, 0.3) is 0 Å². The van der Waals surface area contributed by atoms with E-state index in [4.69, 9.17) is 5.11 Å². The first-order valence-corrected chi connectivity index (χ1v) is 4.62. The second-order valence-corrected chi connectivity index (χ2v) is 3.00. The Hall–Kier alpha value is -1.94. The molecule has 1 heterocycles. The van der Waals surface area contributed by atoms with E-state index in [1.807, 2.05) is 30.3 Å². The van der Waals surface area contributed by atoms with Crippen LogP contribution >= 0.6 is 0 Å². The van der Waals surface area contributed by atoms with Crippen molar-refractivity contribution in [2.24, 2.45) is 5.10 Å². The van der Waals surface area contributed by atoms with Gasteiger partial charge in [0.1, 0.15) is 6.61 Å². The number of hydrogen-bond donors (Lipinski definition) is 1. The molecule has 0 saturated heterocycles. The van der Waals surface area contributed by atoms with Gasteiger partial charge in [0.15, 0.2) is 5.82 Å². The van der Waals surface area contributed by atoms with Crippen LogP contribution in [-0.4, -0.2) is 21.0 Å². The SMILES string of the molecule is OCc1nccn1/N=C/c1ccccc1. The van der Waals surface area contributed by atoms with Crippen LogP contribution in [0.1, 0.15) is 11.4 Å². The predicted molar refractivity (Wildman–Crippen MR) is 57.6 cm³/mol. The molecule has 2 aromatic rings. The molecule has 0 amide bonds. The first-order chi connectivity index (χ1) is 7.40. The summed E-state index contributed by atoms with van der Waals surface area (Å²) in [5.41, 5.74) is 1.01. The van der Waals surface area contributed by atoms with Gasteiger partial charge in [-0.05, 0) is 5.56 Å². The fourth-order valence-electron chi connectivity index (χ4n) is 1.21. The third-order valence-corrected chi connectivity index (χ3v) is 1.97. The summed E-state index contributed by atoms with van der Waals surface area (Å²) in [7, 11) is 0. The van der Waals surface area contributed by atoms with Crippen molar-refractivity contribution < 1.29 is 5.11 Å². The van der Waals surface area contributed by atoms with Gasteiger partial charge in [-0.3, -0.25) is 0 Å². The summed E-state index contributed by atoms with van der Waals surface area (Å²) in [6.45, 7) is -0.112. The van der Waals surface area contributed by atoms with Crippen LogP contribution < -0.4 is 0 Å². The highest BCUT2D eigenvalue weighted by Gasteiger charge is 1.97. The molecule has 1 aromatic heterocycles. The number of aromatic nitrogens is 2. The van der Waals surface area contributed by atoms with Gasteiger partial charge >= 0.3 is 0 Å². The van der Waals surface area contributed by atoms with Gasteiger partial charge < -0.3 is 5.11 Å². The largest absolute Gasteiger partial charge is 0.388 e. The summed E-state index contributed by atoms with van der Waals surface area (Å²) in [4.78, 5) is 3.95. The monoisotopic (exact) mass is 201 g/mol. The Kier molecular flexibility index (Phi) is 2.90. The Morgan fingerprint density at radius 2 is 2.13 bits per heavy atom. The molecule has 1 N–H and O–H groups in total. The van der Waals surface area contributed by atoms with E-state index in [1.165, 1.54) is 0 Å². The van der Waals surface area contributed by atoms with E-state index in [-0.39, 0.29) is 6.61 Å². The maximum atomic E-state index is 8.95. The molecule has 0 spiro atoms. The Labute approximate surface area is 87.5 Å². The minimum absolute atomic E-state index is 0.112. The van der Waals surface area contributed by atoms with E-state index in [0.717, 1.165) is 5.56 Å². The lowest BCUT2D eigenvalue weighted by atomic mass is 10.2. The molecule has 2 rings (SSSR count). The number of nitrogens with zero attached hydrogens (tertiary/aromatic N) is 3. The van der Waals surface area contributed by atoms with Crippen molar-refractivity contribution >= 4 is 6.21 Å². The smallest absolute Gasteiger partial charge is 0.155 e. The van der Waals surface area contributed by atoms with E-state index < -0.39 is 0 Å². The average molecular weight is 201 g/mol. The van der Waals surface area contributed by atoms with E-state index >= 15 is 0 Å². The molecule has 4 nitrogen and oxygen atoms in total. The van der Waals surface area contributed by atoms with Gasteiger partial charge in [-0.25, -0.2) is 9.66 Å². The zero-order valence-electron chi connectivity index (χ0n) is 8.11. The van der Waals surface area contributed by atoms with Crippen LogP contribution in [0, 0.1) is 0 Å². The second kappa shape index (κ2) is 4.52. The standard InChI is InChI=1S/C11H11N3O/c15-9-11-12-6-7-14(11)13-8-10-4-2-1-3-5-10/h1-8,15H,9H2/b13-8+. The quantitative estimate of drug-likeness (QED) is 0.760. The number of benzene rings is 1. The van der Waals surface area contributed by atoms with Crippen LogP contribution in [0.15, 0.2) is 47.8 Å². The van der Waals surface area contributed by atoms with Crippen LogP contribution in [0.25, 0.3) is 0 Å². The lowest BCUT2D eigenvalue weighted by Gasteiger charge is -1.97. The Morgan fingerprint density at radius 1 is 1.33 bits per heavy atom. The summed E-state index contributed by atoms with van der Waals surface area (Å²) in [6, 6.07) is 9.76. The molecule has 76 valence electrons. The van der Waals surface area contributed by atoms with Gasteiger partial charge in [0.05, 0.1) is 6.21 Å². The molecule has 0 radical (unpaired) electrons. The van der Waals surface area contributed by atoms with Gasteiger partial charge in [-0.15, -0.1) is 0 Å². The molecular formula is C11H11N3O. The lowest BCUT2D eigenvalue weighted by molar-refractivity contribution is 0.267. The molecule has 0 bridgehead atoms. The number of rotatable bonds is 3. The zero-order chi connectivity index (χ0) is 10.5. The topological polar surface area (TPSA) is 50.4 Å². The Bertz CT molecular complexity index is 448. The summed E-state index contributed by atoms with van der Waals surface area (Å²) in [6.07, 6.45) is 5.03. The maximum absolute atomic E-state index is 8.95. The van der Waals surface area contributed by atoms with Crippen molar-refractivity contribution in [2.45, 2.75) is 6.61 Å². The first-order valence-electron chi connectivity index (χ1n) is 4.62. The molecule has 1 aromatic carbocycles. The first kappa shape index (κ1) is 9.61. The molecule has 0 aliphatic heterocycles. The Balaban J connectivity index is 2.19. The van der Waals surface area contributed by atoms with Crippen LogP contribution in [0.5, 0.6) is 0 Å². The minimum atomic E-state index is -0.112. The zero-order valence-corrected chi connectivity index (χ0v) is 8.11. The molecule has 0 unspecified atom stereocenters. The van der Waals surface area contributed by atoms with E-state index in [2.05, 4.69) is 10.1 Å². The highest BCUT2D eigenvalue weighted by molar-refractivity contribution is 5.79. The lowest BCUT2D eigenvalue weighted by Crippen LogP contribution is -1.97. The van der Waals surface area contributed by atoms with Crippen molar-refractivity contribution in [3.8, 4) is 0 Å². The van der Waals surface area contributed by atoms with Crippen LogP contribution in [-0.2, 0) is 6.61 Å². The summed E-state index contributed by atoms with van der Waals surface area (Å²) < 4.78 is 1.55. The van der Waals surface area contributed by atoms with Gasteiger partial charge in [-0.2, -0.15) is 5.10 Å². The Morgan fingerprint density at radius 3 is 2.87 bits per heavy atom. The van der Waals surface area contributed by atoms with Crippen molar-refractivity contribution in [1.82, 2.24) is 9.66 Å². The number of aliphatic hydroxyl groups is 1. The van der Waals surface area contributed by atoms with Crippen LogP contribution in [0.2, 0.25) is 0 Å². The molecule has 0 atom stereocenters. The highest BCUT2D eigenvalue weighted by Crippen LogP contribution is 1.98. The predicted octanol–water partition coefficient (Wildman–Crippen LogP) is 1.26. The average Bonchev–Trinajstić information content (AvgIpc) is 2.75. The maximum Gasteiger partial charge on any atom is 0.155 e. The fraction of sp³-hybridized carbons (Fsp3) is 0.0909. The highest BCUT2D eigenvalue weighted by atomic mass is 16.3. The van der Waals surface area contributed by atoms with E-state index in [1.54, 1.807) is 23.3 Å². The van der Waals surface area contributed by atoms with Crippen LogP contribution in [0.4, 0.5) is 0 Å². The molecule has 0 saturated carbocycles. The van der Waals surface area contributed by atoms with Gasteiger partial charge in [-0.1, -0.05) is 30.3 Å². The molecule has 0 aliphatic rings. The molecule has 15 heavy (non-hydrogen) atoms. The van der Waals surface area contributed by atoms with E-state index in [0.29, 0.717) is 5.82 Å². The summed E-state index contributed by atoms with van der Waals surface area (Å²) in [5.74, 6) is 0.530. The van der Waals surface area contributed by atoms with Crippen LogP contribution in [0.3, 0.4) is 0 Å².